The Labute approximate surface area is 167 Å². The van der Waals surface area contributed by atoms with Gasteiger partial charge < -0.3 is 10.1 Å². The molecule has 0 saturated carbocycles. The summed E-state index contributed by atoms with van der Waals surface area (Å²) in [5.41, 5.74) is 4.25. The van der Waals surface area contributed by atoms with Crippen LogP contribution < -0.4 is 10.1 Å². The summed E-state index contributed by atoms with van der Waals surface area (Å²) in [6.45, 7) is 0. The topological polar surface area (TPSA) is 51.2 Å². The third kappa shape index (κ3) is 3.80. The second kappa shape index (κ2) is 8.06. The highest BCUT2D eigenvalue weighted by Gasteiger charge is 2.11. The van der Waals surface area contributed by atoms with Crippen molar-refractivity contribution < 1.29 is 9.53 Å². The Morgan fingerprint density at radius 1 is 0.929 bits per heavy atom. The Morgan fingerprint density at radius 2 is 1.64 bits per heavy atom. The van der Waals surface area contributed by atoms with E-state index in [-0.39, 0.29) is 5.91 Å². The number of benzene rings is 3. The molecule has 0 bridgehead atoms. The SMILES string of the molecule is COc1ccccc1-c1nc(-c2ccc(NC(=O)c3ccccc3)cc2)cs1. The predicted molar refractivity (Wildman–Crippen MR) is 114 cm³/mol. The maximum Gasteiger partial charge on any atom is 0.255 e. The van der Waals surface area contributed by atoms with Crippen molar-refractivity contribution in [1.82, 2.24) is 4.98 Å². The number of anilines is 1. The molecule has 0 radical (unpaired) electrons. The molecule has 28 heavy (non-hydrogen) atoms. The van der Waals surface area contributed by atoms with Crippen LogP contribution in [0.4, 0.5) is 5.69 Å². The number of rotatable bonds is 5. The summed E-state index contributed by atoms with van der Waals surface area (Å²) < 4.78 is 5.43. The van der Waals surface area contributed by atoms with Crippen LogP contribution in [0.1, 0.15) is 10.4 Å². The Hall–Kier alpha value is -3.44. The molecular formula is C23H18N2O2S. The van der Waals surface area contributed by atoms with Crippen LogP contribution in [-0.2, 0) is 0 Å². The highest BCUT2D eigenvalue weighted by molar-refractivity contribution is 7.13. The van der Waals surface area contributed by atoms with Crippen molar-refractivity contribution in [3.05, 3.63) is 89.8 Å². The first-order chi connectivity index (χ1) is 13.7. The first-order valence-corrected chi connectivity index (χ1v) is 9.68. The van der Waals surface area contributed by atoms with E-state index < -0.39 is 0 Å². The van der Waals surface area contributed by atoms with E-state index in [1.807, 2.05) is 72.1 Å². The van der Waals surface area contributed by atoms with E-state index in [1.54, 1.807) is 30.6 Å². The summed E-state index contributed by atoms with van der Waals surface area (Å²) in [5, 5.41) is 5.85. The number of amides is 1. The van der Waals surface area contributed by atoms with Crippen LogP contribution in [-0.4, -0.2) is 18.0 Å². The van der Waals surface area contributed by atoms with Crippen molar-refractivity contribution in [1.29, 1.82) is 0 Å². The van der Waals surface area contributed by atoms with Gasteiger partial charge in [-0.1, -0.05) is 42.5 Å². The lowest BCUT2D eigenvalue weighted by molar-refractivity contribution is 0.102. The molecule has 0 spiro atoms. The van der Waals surface area contributed by atoms with Crippen LogP contribution in [0.5, 0.6) is 5.75 Å². The van der Waals surface area contributed by atoms with Gasteiger partial charge in [0.1, 0.15) is 10.8 Å². The molecule has 3 aromatic carbocycles. The molecule has 1 aromatic heterocycles. The highest BCUT2D eigenvalue weighted by atomic mass is 32.1. The van der Waals surface area contributed by atoms with Gasteiger partial charge in [-0.15, -0.1) is 11.3 Å². The highest BCUT2D eigenvalue weighted by Crippen LogP contribution is 2.34. The number of aromatic nitrogens is 1. The van der Waals surface area contributed by atoms with Crippen LogP contribution in [0.25, 0.3) is 21.8 Å². The Morgan fingerprint density at radius 3 is 2.39 bits per heavy atom. The number of para-hydroxylation sites is 1. The molecule has 4 nitrogen and oxygen atoms in total. The van der Waals surface area contributed by atoms with Crippen molar-refractivity contribution >= 4 is 22.9 Å². The van der Waals surface area contributed by atoms with Gasteiger partial charge in [-0.2, -0.15) is 0 Å². The summed E-state index contributed by atoms with van der Waals surface area (Å²) in [6, 6.07) is 24.7. The number of hydrogen-bond donors (Lipinski definition) is 1. The van der Waals surface area contributed by atoms with Gasteiger partial charge in [0.2, 0.25) is 0 Å². The summed E-state index contributed by atoms with van der Waals surface area (Å²) in [7, 11) is 1.66. The van der Waals surface area contributed by atoms with E-state index >= 15 is 0 Å². The molecule has 5 heteroatoms. The number of nitrogens with zero attached hydrogens (tertiary/aromatic N) is 1. The molecule has 0 atom stereocenters. The van der Waals surface area contributed by atoms with Gasteiger partial charge in [0, 0.05) is 22.2 Å². The molecular weight excluding hydrogens is 368 g/mol. The largest absolute Gasteiger partial charge is 0.496 e. The van der Waals surface area contributed by atoms with Crippen molar-refractivity contribution in [3.63, 3.8) is 0 Å². The molecule has 1 heterocycles. The lowest BCUT2D eigenvalue weighted by atomic mass is 10.1. The van der Waals surface area contributed by atoms with E-state index in [4.69, 9.17) is 9.72 Å². The zero-order valence-corrected chi connectivity index (χ0v) is 16.1. The van der Waals surface area contributed by atoms with Gasteiger partial charge in [-0.3, -0.25) is 4.79 Å². The Kier molecular flexibility index (Phi) is 5.17. The van der Waals surface area contributed by atoms with Gasteiger partial charge in [-0.05, 0) is 36.4 Å². The van der Waals surface area contributed by atoms with Crippen molar-refractivity contribution in [2.75, 3.05) is 12.4 Å². The minimum Gasteiger partial charge on any atom is -0.496 e. The average Bonchev–Trinajstić information content (AvgIpc) is 3.25. The molecule has 0 fully saturated rings. The second-order valence-corrected chi connectivity index (χ2v) is 6.99. The zero-order valence-electron chi connectivity index (χ0n) is 15.3. The number of thiazole rings is 1. The summed E-state index contributed by atoms with van der Waals surface area (Å²) >= 11 is 1.58. The first kappa shape index (κ1) is 17.9. The fourth-order valence-corrected chi connectivity index (χ4v) is 3.73. The fraction of sp³-hybridized carbons (Fsp3) is 0.0435. The smallest absolute Gasteiger partial charge is 0.255 e. The van der Waals surface area contributed by atoms with Crippen molar-refractivity contribution in [2.24, 2.45) is 0 Å². The third-order valence-corrected chi connectivity index (χ3v) is 5.19. The molecule has 0 aliphatic heterocycles. The quantitative estimate of drug-likeness (QED) is 0.476. The number of ether oxygens (including phenoxy) is 1. The number of carbonyl (C=O) groups excluding carboxylic acids is 1. The molecule has 1 amide bonds. The molecule has 0 aliphatic carbocycles. The second-order valence-electron chi connectivity index (χ2n) is 6.14. The maximum atomic E-state index is 12.3. The zero-order chi connectivity index (χ0) is 19.3. The molecule has 0 unspecified atom stereocenters. The van der Waals surface area contributed by atoms with E-state index in [0.29, 0.717) is 5.56 Å². The van der Waals surface area contributed by atoms with E-state index in [1.165, 1.54) is 0 Å². The summed E-state index contributed by atoms with van der Waals surface area (Å²) in [5.74, 6) is 0.683. The predicted octanol–water partition coefficient (Wildman–Crippen LogP) is 5.74. The van der Waals surface area contributed by atoms with E-state index in [0.717, 1.165) is 33.3 Å². The molecule has 1 N–H and O–H groups in total. The van der Waals surface area contributed by atoms with Crippen LogP contribution in [0.2, 0.25) is 0 Å². The molecule has 138 valence electrons. The third-order valence-electron chi connectivity index (χ3n) is 4.32. The van der Waals surface area contributed by atoms with E-state index in [9.17, 15) is 4.79 Å². The van der Waals surface area contributed by atoms with E-state index in [2.05, 4.69) is 5.32 Å². The lowest BCUT2D eigenvalue weighted by Gasteiger charge is -2.06. The van der Waals surface area contributed by atoms with Gasteiger partial charge >= 0.3 is 0 Å². The minimum absolute atomic E-state index is 0.125. The summed E-state index contributed by atoms with van der Waals surface area (Å²) in [4.78, 5) is 17.0. The maximum absolute atomic E-state index is 12.3. The Bertz CT molecular complexity index is 1090. The molecule has 4 rings (SSSR count). The molecule has 4 aromatic rings. The number of hydrogen-bond acceptors (Lipinski definition) is 4. The van der Waals surface area contributed by atoms with Crippen LogP contribution >= 0.6 is 11.3 Å². The molecule has 0 aliphatic rings. The van der Waals surface area contributed by atoms with Gasteiger partial charge in [-0.25, -0.2) is 4.98 Å². The molecule has 0 saturated heterocycles. The van der Waals surface area contributed by atoms with Crippen molar-refractivity contribution in [2.45, 2.75) is 0 Å². The van der Waals surface area contributed by atoms with Gasteiger partial charge in [0.25, 0.3) is 5.91 Å². The number of methoxy groups -OCH3 is 1. The monoisotopic (exact) mass is 386 g/mol. The normalized spacial score (nSPS) is 10.5. The lowest BCUT2D eigenvalue weighted by Crippen LogP contribution is -2.11. The first-order valence-electron chi connectivity index (χ1n) is 8.80. The Balaban J connectivity index is 1.52. The van der Waals surface area contributed by atoms with Crippen molar-refractivity contribution in [3.8, 4) is 27.6 Å². The van der Waals surface area contributed by atoms with Crippen LogP contribution in [0.3, 0.4) is 0 Å². The average molecular weight is 386 g/mol. The number of nitrogens with one attached hydrogen (secondary N) is 1. The number of carbonyl (C=O) groups is 1. The van der Waals surface area contributed by atoms with Crippen LogP contribution in [0, 0.1) is 0 Å². The van der Waals surface area contributed by atoms with Gasteiger partial charge in [0.15, 0.2) is 0 Å². The minimum atomic E-state index is -0.125. The summed E-state index contributed by atoms with van der Waals surface area (Å²) in [6.07, 6.45) is 0. The fourth-order valence-electron chi connectivity index (χ4n) is 2.87. The van der Waals surface area contributed by atoms with Crippen LogP contribution in [0.15, 0.2) is 84.2 Å². The standard InChI is InChI=1S/C23H18N2O2S/c1-27-21-10-6-5-9-19(21)23-25-20(15-28-23)16-11-13-18(14-12-16)24-22(26)17-7-3-2-4-8-17/h2-15H,1H3,(H,24,26). The van der Waals surface area contributed by atoms with Gasteiger partial charge in [0.05, 0.1) is 18.4 Å².